The van der Waals surface area contributed by atoms with E-state index in [1.807, 2.05) is 19.9 Å². The van der Waals surface area contributed by atoms with Crippen LogP contribution in [0.4, 0.5) is 0 Å². The molecule has 0 saturated heterocycles. The third-order valence-corrected chi connectivity index (χ3v) is 3.97. The third kappa shape index (κ3) is 5.49. The van der Waals surface area contributed by atoms with Gasteiger partial charge in [-0.3, -0.25) is 0 Å². The lowest BCUT2D eigenvalue weighted by molar-refractivity contribution is -0.134. The standard InChI is InChI=1S/C15H19N3O.C4H4O4/c1-3-19-11-5-4-10-7-14-15(12(10)8-11)13(17-18-14)6-9(2)16;5-3(6)1-2-4(7)8/h4-5,8-9,13H,3,6-7,16H2,1-2H3;1-2H,(H,5,6)(H,7,8)/t9-,13?;/m0./s1. The summed E-state index contributed by atoms with van der Waals surface area (Å²) in [5.41, 5.74) is 10.8. The Morgan fingerprint density at radius 1 is 1.33 bits per heavy atom. The van der Waals surface area contributed by atoms with Crippen molar-refractivity contribution in [3.8, 4) is 5.75 Å². The second kappa shape index (κ2) is 9.09. The molecule has 0 fully saturated rings. The summed E-state index contributed by atoms with van der Waals surface area (Å²) in [4.78, 5) is 19.1. The molecule has 1 aliphatic heterocycles. The maximum atomic E-state index is 9.55. The fraction of sp³-hybridized carbons (Fsp3) is 0.368. The fourth-order valence-electron chi connectivity index (χ4n) is 2.97. The number of fused-ring (bicyclic) bond motifs is 2. The maximum Gasteiger partial charge on any atom is 0.328 e. The number of allylic oxidation sites excluding steroid dienone is 1. The van der Waals surface area contributed by atoms with Gasteiger partial charge in [0.25, 0.3) is 0 Å². The molecule has 2 atom stereocenters. The zero-order valence-electron chi connectivity index (χ0n) is 15.3. The molecule has 8 heteroatoms. The van der Waals surface area contributed by atoms with Crippen molar-refractivity contribution in [3.63, 3.8) is 0 Å². The second-order valence-corrected chi connectivity index (χ2v) is 6.24. The number of nitrogens with two attached hydrogens (primary N) is 1. The Bertz CT molecular complexity index is 796. The van der Waals surface area contributed by atoms with Crippen LogP contribution in [0.5, 0.6) is 5.75 Å². The van der Waals surface area contributed by atoms with E-state index in [0.717, 1.165) is 24.3 Å². The molecule has 0 bridgehead atoms. The molecule has 0 saturated carbocycles. The molecule has 0 aromatic heterocycles. The fourth-order valence-corrected chi connectivity index (χ4v) is 2.97. The van der Waals surface area contributed by atoms with E-state index in [1.54, 1.807) is 0 Å². The number of azo groups is 1. The smallest absolute Gasteiger partial charge is 0.328 e. The molecule has 0 spiro atoms. The van der Waals surface area contributed by atoms with E-state index in [-0.39, 0.29) is 12.1 Å². The van der Waals surface area contributed by atoms with Crippen LogP contribution < -0.4 is 10.5 Å². The lowest BCUT2D eigenvalue weighted by Crippen LogP contribution is -2.21. The van der Waals surface area contributed by atoms with Crippen LogP contribution in [0.3, 0.4) is 0 Å². The minimum atomic E-state index is -1.26. The highest BCUT2D eigenvalue weighted by Crippen LogP contribution is 2.43. The van der Waals surface area contributed by atoms with Crippen molar-refractivity contribution in [2.75, 3.05) is 6.61 Å². The number of carboxylic acids is 2. The van der Waals surface area contributed by atoms with E-state index in [2.05, 4.69) is 22.4 Å². The molecule has 2 aliphatic rings. The quantitative estimate of drug-likeness (QED) is 0.656. The van der Waals surface area contributed by atoms with Crippen molar-refractivity contribution in [2.45, 2.75) is 38.8 Å². The number of hydrogen-bond donors (Lipinski definition) is 3. The second-order valence-electron chi connectivity index (χ2n) is 6.24. The summed E-state index contributed by atoms with van der Waals surface area (Å²) in [7, 11) is 0. The summed E-state index contributed by atoms with van der Waals surface area (Å²) in [6, 6.07) is 6.54. The molecule has 144 valence electrons. The van der Waals surface area contributed by atoms with E-state index in [9.17, 15) is 9.59 Å². The summed E-state index contributed by atoms with van der Waals surface area (Å²) < 4.78 is 5.59. The number of rotatable bonds is 6. The van der Waals surface area contributed by atoms with Gasteiger partial charge in [-0.15, -0.1) is 0 Å². The Labute approximate surface area is 157 Å². The van der Waals surface area contributed by atoms with Crippen LogP contribution in [0.2, 0.25) is 0 Å². The van der Waals surface area contributed by atoms with E-state index >= 15 is 0 Å². The van der Waals surface area contributed by atoms with Crippen LogP contribution in [-0.2, 0) is 16.0 Å². The van der Waals surface area contributed by atoms with Crippen LogP contribution in [-0.4, -0.2) is 40.8 Å². The molecule has 8 nitrogen and oxygen atoms in total. The summed E-state index contributed by atoms with van der Waals surface area (Å²) in [6.07, 6.45) is 2.85. The van der Waals surface area contributed by atoms with Gasteiger partial charge in [-0.05, 0) is 43.5 Å². The van der Waals surface area contributed by atoms with Gasteiger partial charge in [-0.1, -0.05) is 6.07 Å². The lowest BCUT2D eigenvalue weighted by Gasteiger charge is -2.14. The normalized spacial score (nSPS) is 18.0. The average molecular weight is 373 g/mol. The van der Waals surface area contributed by atoms with Gasteiger partial charge in [0.15, 0.2) is 0 Å². The Hall–Kier alpha value is -3.00. The first-order chi connectivity index (χ1) is 12.8. The van der Waals surface area contributed by atoms with Gasteiger partial charge < -0.3 is 20.7 Å². The first-order valence-electron chi connectivity index (χ1n) is 8.61. The topological polar surface area (TPSA) is 135 Å². The zero-order chi connectivity index (χ0) is 20.0. The Kier molecular flexibility index (Phi) is 6.84. The van der Waals surface area contributed by atoms with Crippen LogP contribution in [0, 0.1) is 0 Å². The van der Waals surface area contributed by atoms with Gasteiger partial charge >= 0.3 is 11.9 Å². The zero-order valence-corrected chi connectivity index (χ0v) is 15.3. The molecule has 1 heterocycles. The Morgan fingerprint density at radius 2 is 2.00 bits per heavy atom. The van der Waals surface area contributed by atoms with Gasteiger partial charge in [0.05, 0.1) is 12.3 Å². The number of carbonyl (C=O) groups is 2. The van der Waals surface area contributed by atoms with Gasteiger partial charge in [0.1, 0.15) is 11.8 Å². The SMILES string of the molecule is CCOc1ccc2c(c1)C1=C(C2)N=NC1C[C@H](C)N.O=C(O)C=CC(=O)O. The number of nitrogens with zero attached hydrogens (tertiary/aromatic N) is 2. The van der Waals surface area contributed by atoms with E-state index in [1.165, 1.54) is 16.7 Å². The van der Waals surface area contributed by atoms with Crippen molar-refractivity contribution in [1.29, 1.82) is 0 Å². The minimum Gasteiger partial charge on any atom is -0.494 e. The molecule has 0 amide bonds. The average Bonchev–Trinajstić information content (AvgIpc) is 3.13. The molecular formula is C19H23N3O5. The van der Waals surface area contributed by atoms with E-state index in [0.29, 0.717) is 18.8 Å². The maximum absolute atomic E-state index is 9.55. The first-order valence-corrected chi connectivity index (χ1v) is 8.61. The van der Waals surface area contributed by atoms with Crippen molar-refractivity contribution >= 4 is 17.5 Å². The molecule has 1 aromatic rings. The molecule has 27 heavy (non-hydrogen) atoms. The monoisotopic (exact) mass is 373 g/mol. The van der Waals surface area contributed by atoms with Crippen molar-refractivity contribution in [3.05, 3.63) is 47.2 Å². The number of carboxylic acid groups (broad SMARTS) is 2. The highest BCUT2D eigenvalue weighted by Gasteiger charge is 2.32. The van der Waals surface area contributed by atoms with Crippen LogP contribution in [0.1, 0.15) is 31.4 Å². The minimum absolute atomic E-state index is 0.119. The van der Waals surface area contributed by atoms with Gasteiger partial charge in [0, 0.05) is 30.2 Å². The summed E-state index contributed by atoms with van der Waals surface area (Å²) in [5, 5.41) is 24.3. The van der Waals surface area contributed by atoms with Crippen LogP contribution in [0.25, 0.3) is 5.57 Å². The molecule has 1 aromatic carbocycles. The van der Waals surface area contributed by atoms with Crippen molar-refractivity contribution in [2.24, 2.45) is 16.0 Å². The highest BCUT2D eigenvalue weighted by molar-refractivity contribution is 5.89. The van der Waals surface area contributed by atoms with Crippen molar-refractivity contribution < 1.29 is 24.5 Å². The van der Waals surface area contributed by atoms with Crippen LogP contribution >= 0.6 is 0 Å². The predicted octanol–water partition coefficient (Wildman–Crippen LogP) is 2.64. The molecule has 4 N–H and O–H groups in total. The number of aliphatic carboxylic acids is 2. The van der Waals surface area contributed by atoms with Gasteiger partial charge in [-0.25, -0.2) is 9.59 Å². The Morgan fingerprint density at radius 3 is 2.56 bits per heavy atom. The van der Waals surface area contributed by atoms with E-state index < -0.39 is 11.9 Å². The molecule has 3 rings (SSSR count). The summed E-state index contributed by atoms with van der Waals surface area (Å²) >= 11 is 0. The number of ether oxygens (including phenoxy) is 1. The predicted molar refractivity (Wildman–Crippen MR) is 99.6 cm³/mol. The molecule has 1 aliphatic carbocycles. The van der Waals surface area contributed by atoms with Crippen molar-refractivity contribution in [1.82, 2.24) is 0 Å². The molecular weight excluding hydrogens is 350 g/mol. The first kappa shape index (κ1) is 20.3. The van der Waals surface area contributed by atoms with Gasteiger partial charge in [-0.2, -0.15) is 10.2 Å². The highest BCUT2D eigenvalue weighted by atomic mass is 16.5. The van der Waals surface area contributed by atoms with Gasteiger partial charge in [0.2, 0.25) is 0 Å². The number of benzene rings is 1. The summed E-state index contributed by atoms with van der Waals surface area (Å²) in [6.45, 7) is 4.69. The largest absolute Gasteiger partial charge is 0.494 e. The lowest BCUT2D eigenvalue weighted by atomic mass is 9.96. The van der Waals surface area contributed by atoms with E-state index in [4.69, 9.17) is 20.7 Å². The molecule has 0 radical (unpaired) electrons. The van der Waals surface area contributed by atoms with Crippen LogP contribution in [0.15, 0.2) is 46.3 Å². The third-order valence-electron chi connectivity index (χ3n) is 3.97. The number of hydrogen-bond acceptors (Lipinski definition) is 6. The molecule has 1 unspecified atom stereocenters. The summed E-state index contributed by atoms with van der Waals surface area (Å²) in [5.74, 6) is -1.60. The Balaban J connectivity index is 0.000000279.